The van der Waals surface area contributed by atoms with Crippen molar-refractivity contribution < 1.29 is 0 Å². The summed E-state index contributed by atoms with van der Waals surface area (Å²) in [6.07, 6.45) is 6.45. The number of rotatable bonds is 7. The molecule has 0 bridgehead atoms. The molecule has 0 atom stereocenters. The minimum atomic E-state index is 0.708. The molecule has 1 N–H and O–H groups in total. The van der Waals surface area contributed by atoms with Crippen molar-refractivity contribution in [3.8, 4) is 0 Å². The molecular formula is C14H24N4. The summed E-state index contributed by atoms with van der Waals surface area (Å²) in [5.41, 5.74) is 1.26. The van der Waals surface area contributed by atoms with Crippen LogP contribution in [0.5, 0.6) is 0 Å². The second kappa shape index (κ2) is 6.03. The molecule has 0 spiro atoms. The van der Waals surface area contributed by atoms with Crippen LogP contribution < -0.4 is 10.2 Å². The summed E-state index contributed by atoms with van der Waals surface area (Å²) in [4.78, 5) is 11.4. The smallest absolute Gasteiger partial charge is 0.137 e. The number of hydrogen-bond acceptors (Lipinski definition) is 4. The van der Waals surface area contributed by atoms with Gasteiger partial charge in [0.25, 0.3) is 0 Å². The summed E-state index contributed by atoms with van der Waals surface area (Å²) in [6.45, 7) is 8.51. The molecule has 0 amide bonds. The Morgan fingerprint density at radius 2 is 2.06 bits per heavy atom. The minimum Gasteiger partial charge on any atom is -0.370 e. The lowest BCUT2D eigenvalue weighted by Crippen LogP contribution is -2.29. The Kier molecular flexibility index (Phi) is 4.39. The van der Waals surface area contributed by atoms with E-state index in [2.05, 4.69) is 41.0 Å². The fourth-order valence-electron chi connectivity index (χ4n) is 2.38. The van der Waals surface area contributed by atoms with E-state index in [9.17, 15) is 0 Å². The predicted octanol–water partition coefficient (Wildman–Crippen LogP) is 2.85. The first-order valence-corrected chi connectivity index (χ1v) is 7.16. The Hall–Kier alpha value is -1.32. The van der Waals surface area contributed by atoms with Crippen molar-refractivity contribution in [2.75, 3.05) is 23.3 Å². The van der Waals surface area contributed by atoms with Crippen molar-refractivity contribution in [2.24, 2.45) is 0 Å². The van der Waals surface area contributed by atoms with E-state index in [1.165, 1.54) is 24.8 Å². The van der Waals surface area contributed by atoms with Gasteiger partial charge in [0.05, 0.1) is 0 Å². The topological polar surface area (TPSA) is 41.1 Å². The normalized spacial score (nSPS) is 14.6. The van der Waals surface area contributed by atoms with Crippen molar-refractivity contribution >= 4 is 11.6 Å². The van der Waals surface area contributed by atoms with Gasteiger partial charge < -0.3 is 10.2 Å². The maximum atomic E-state index is 4.55. The van der Waals surface area contributed by atoms with Crippen LogP contribution >= 0.6 is 0 Å². The van der Waals surface area contributed by atoms with Crippen LogP contribution in [0.15, 0.2) is 6.33 Å². The summed E-state index contributed by atoms with van der Waals surface area (Å²) < 4.78 is 0. The standard InChI is InChI=1S/C14H24N4/c1-4-9-18(11-7-8-11)14-12(5-2)13(15-6-3)16-10-17-14/h10-11H,4-9H2,1-3H3,(H,15,16,17). The molecule has 1 aliphatic carbocycles. The third kappa shape index (κ3) is 2.74. The monoisotopic (exact) mass is 248 g/mol. The van der Waals surface area contributed by atoms with Crippen LogP contribution in [0, 0.1) is 0 Å². The maximum absolute atomic E-state index is 4.55. The molecule has 4 heteroatoms. The fourth-order valence-corrected chi connectivity index (χ4v) is 2.38. The summed E-state index contributed by atoms with van der Waals surface area (Å²) in [6, 6.07) is 0.708. The average Bonchev–Trinajstić information content (AvgIpc) is 3.20. The zero-order valence-corrected chi connectivity index (χ0v) is 11.7. The Bertz CT molecular complexity index is 387. The first-order valence-electron chi connectivity index (χ1n) is 7.16. The highest BCUT2D eigenvalue weighted by Crippen LogP contribution is 2.34. The van der Waals surface area contributed by atoms with E-state index >= 15 is 0 Å². The van der Waals surface area contributed by atoms with Crippen LogP contribution in [-0.4, -0.2) is 29.1 Å². The highest BCUT2D eigenvalue weighted by atomic mass is 15.2. The SMILES string of the molecule is CCCN(c1ncnc(NCC)c1CC)C1CC1. The van der Waals surface area contributed by atoms with Crippen LogP contribution in [0.2, 0.25) is 0 Å². The molecule has 0 aliphatic heterocycles. The molecule has 100 valence electrons. The van der Waals surface area contributed by atoms with Crippen molar-refractivity contribution in [2.45, 2.75) is 52.5 Å². The van der Waals surface area contributed by atoms with Gasteiger partial charge >= 0.3 is 0 Å². The van der Waals surface area contributed by atoms with Crippen molar-refractivity contribution in [3.05, 3.63) is 11.9 Å². The lowest BCUT2D eigenvalue weighted by molar-refractivity contribution is 0.741. The number of nitrogens with zero attached hydrogens (tertiary/aromatic N) is 3. The molecular weight excluding hydrogens is 224 g/mol. The summed E-state index contributed by atoms with van der Waals surface area (Å²) >= 11 is 0. The van der Waals surface area contributed by atoms with Gasteiger partial charge in [-0.25, -0.2) is 9.97 Å². The molecule has 0 radical (unpaired) electrons. The van der Waals surface area contributed by atoms with Gasteiger partial charge in [-0.05, 0) is 32.6 Å². The summed E-state index contributed by atoms with van der Waals surface area (Å²) in [7, 11) is 0. The quantitative estimate of drug-likeness (QED) is 0.805. The molecule has 1 saturated carbocycles. The van der Waals surface area contributed by atoms with E-state index < -0.39 is 0 Å². The lowest BCUT2D eigenvalue weighted by atomic mass is 10.2. The highest BCUT2D eigenvalue weighted by molar-refractivity contribution is 5.59. The first kappa shape index (κ1) is 13.1. The Morgan fingerprint density at radius 3 is 2.61 bits per heavy atom. The van der Waals surface area contributed by atoms with Crippen LogP contribution in [-0.2, 0) is 6.42 Å². The number of hydrogen-bond donors (Lipinski definition) is 1. The Labute approximate surface area is 110 Å². The molecule has 1 aromatic rings. The van der Waals surface area contributed by atoms with Crippen LogP contribution in [0.4, 0.5) is 11.6 Å². The van der Waals surface area contributed by atoms with Gasteiger partial charge in [-0.1, -0.05) is 13.8 Å². The summed E-state index contributed by atoms with van der Waals surface area (Å²) in [5, 5.41) is 3.35. The zero-order valence-electron chi connectivity index (χ0n) is 11.7. The van der Waals surface area contributed by atoms with Crippen LogP contribution in [0.3, 0.4) is 0 Å². The van der Waals surface area contributed by atoms with Crippen molar-refractivity contribution in [1.29, 1.82) is 0 Å². The number of aromatic nitrogens is 2. The van der Waals surface area contributed by atoms with Gasteiger partial charge in [-0.3, -0.25) is 0 Å². The summed E-state index contributed by atoms with van der Waals surface area (Å²) in [5.74, 6) is 2.15. The van der Waals surface area contributed by atoms with E-state index in [0.717, 1.165) is 31.1 Å². The molecule has 0 unspecified atom stereocenters. The van der Waals surface area contributed by atoms with Gasteiger partial charge in [-0.2, -0.15) is 0 Å². The molecule has 2 rings (SSSR count). The number of anilines is 2. The van der Waals surface area contributed by atoms with Crippen LogP contribution in [0.25, 0.3) is 0 Å². The highest BCUT2D eigenvalue weighted by Gasteiger charge is 2.31. The maximum Gasteiger partial charge on any atom is 0.137 e. The van der Waals surface area contributed by atoms with E-state index in [1.807, 2.05) is 0 Å². The molecule has 0 aromatic carbocycles. The third-order valence-electron chi connectivity index (χ3n) is 3.34. The van der Waals surface area contributed by atoms with Crippen LogP contribution in [0.1, 0.15) is 45.6 Å². The van der Waals surface area contributed by atoms with Crippen molar-refractivity contribution in [3.63, 3.8) is 0 Å². The van der Waals surface area contributed by atoms with Gasteiger partial charge in [0, 0.05) is 24.7 Å². The molecule has 1 aromatic heterocycles. The van der Waals surface area contributed by atoms with E-state index in [1.54, 1.807) is 6.33 Å². The largest absolute Gasteiger partial charge is 0.370 e. The molecule has 1 fully saturated rings. The van der Waals surface area contributed by atoms with E-state index in [4.69, 9.17) is 0 Å². The van der Waals surface area contributed by atoms with Crippen molar-refractivity contribution in [1.82, 2.24) is 9.97 Å². The molecule has 4 nitrogen and oxygen atoms in total. The third-order valence-corrected chi connectivity index (χ3v) is 3.34. The van der Waals surface area contributed by atoms with Gasteiger partial charge in [0.15, 0.2) is 0 Å². The lowest BCUT2D eigenvalue weighted by Gasteiger charge is -2.26. The van der Waals surface area contributed by atoms with E-state index in [-0.39, 0.29) is 0 Å². The molecule has 18 heavy (non-hydrogen) atoms. The molecule has 0 saturated heterocycles. The fraction of sp³-hybridized carbons (Fsp3) is 0.714. The molecule has 1 heterocycles. The first-order chi connectivity index (χ1) is 8.81. The average molecular weight is 248 g/mol. The Morgan fingerprint density at radius 1 is 1.28 bits per heavy atom. The predicted molar refractivity (Wildman–Crippen MR) is 76.2 cm³/mol. The second-order valence-corrected chi connectivity index (χ2v) is 4.83. The second-order valence-electron chi connectivity index (χ2n) is 4.83. The molecule has 1 aliphatic rings. The van der Waals surface area contributed by atoms with Gasteiger partial charge in [-0.15, -0.1) is 0 Å². The van der Waals surface area contributed by atoms with E-state index in [0.29, 0.717) is 6.04 Å². The number of nitrogens with one attached hydrogen (secondary N) is 1. The zero-order chi connectivity index (χ0) is 13.0. The van der Waals surface area contributed by atoms with Gasteiger partial charge in [0.1, 0.15) is 18.0 Å². The minimum absolute atomic E-state index is 0.708. The Balaban J connectivity index is 2.31. The van der Waals surface area contributed by atoms with Gasteiger partial charge in [0.2, 0.25) is 0 Å².